The van der Waals surface area contributed by atoms with Crippen molar-refractivity contribution in [2.75, 3.05) is 24.5 Å². The molecule has 1 atom stereocenters. The highest BCUT2D eigenvalue weighted by Gasteiger charge is 2.29. The maximum absolute atomic E-state index is 13.1. The van der Waals surface area contributed by atoms with Gasteiger partial charge in [-0.05, 0) is 37.6 Å². The van der Waals surface area contributed by atoms with Gasteiger partial charge >= 0.3 is 5.69 Å². The van der Waals surface area contributed by atoms with Crippen molar-refractivity contribution in [3.63, 3.8) is 0 Å². The van der Waals surface area contributed by atoms with E-state index in [1.54, 1.807) is 13.1 Å². The largest absolute Gasteiger partial charge is 0.365 e. The van der Waals surface area contributed by atoms with Crippen LogP contribution >= 0.6 is 11.3 Å². The number of hydrogen-bond acceptors (Lipinski definition) is 5. The molecule has 0 aliphatic carbocycles. The second-order valence-electron chi connectivity index (χ2n) is 7.67. The number of hydrogen-bond donors (Lipinski definition) is 0. The van der Waals surface area contributed by atoms with Gasteiger partial charge in [0.15, 0.2) is 0 Å². The molecule has 1 aliphatic rings. The Morgan fingerprint density at radius 3 is 2.55 bits per heavy atom. The first kappa shape index (κ1) is 19.4. The molecule has 4 rings (SSSR count). The number of carbonyl (C=O) groups excluding carboxylic acids is 1. The lowest BCUT2D eigenvalue weighted by Gasteiger charge is -2.41. The molecule has 1 aliphatic heterocycles. The lowest BCUT2D eigenvalue weighted by atomic mass is 10.1. The summed E-state index contributed by atoms with van der Waals surface area (Å²) in [7, 11) is 3.08. The summed E-state index contributed by atoms with van der Waals surface area (Å²) in [5.74, 6) is -0.0866. The van der Waals surface area contributed by atoms with Crippen LogP contribution in [0.15, 0.2) is 39.9 Å². The average molecular weight is 413 g/mol. The first-order valence-electron chi connectivity index (χ1n) is 9.60. The summed E-state index contributed by atoms with van der Waals surface area (Å²) in [6.45, 7) is 6.17. The molecule has 8 heteroatoms. The molecule has 1 amide bonds. The third-order valence-corrected chi connectivity index (χ3v) is 6.78. The van der Waals surface area contributed by atoms with Crippen LogP contribution in [0.4, 0.5) is 5.69 Å². The zero-order chi connectivity index (χ0) is 20.9. The highest BCUT2D eigenvalue weighted by Crippen LogP contribution is 2.26. The Morgan fingerprint density at radius 1 is 1.10 bits per heavy atom. The molecule has 3 aromatic rings. The Balaban J connectivity index is 1.60. The van der Waals surface area contributed by atoms with Crippen molar-refractivity contribution >= 4 is 33.1 Å². The Morgan fingerprint density at radius 2 is 1.86 bits per heavy atom. The predicted octanol–water partition coefficient (Wildman–Crippen LogP) is 1.96. The maximum atomic E-state index is 13.1. The quantitative estimate of drug-likeness (QED) is 0.645. The average Bonchev–Trinajstić information content (AvgIpc) is 3.15. The number of benzene rings is 1. The van der Waals surface area contributed by atoms with Crippen LogP contribution < -0.4 is 16.1 Å². The molecule has 3 heterocycles. The zero-order valence-electron chi connectivity index (χ0n) is 17.0. The molecule has 0 radical (unpaired) electrons. The van der Waals surface area contributed by atoms with Gasteiger partial charge in [-0.25, -0.2) is 4.79 Å². The highest BCUT2D eigenvalue weighted by atomic mass is 32.1. The molecule has 0 spiro atoms. The van der Waals surface area contributed by atoms with Crippen LogP contribution in [0, 0.1) is 6.92 Å². The highest BCUT2D eigenvalue weighted by molar-refractivity contribution is 7.20. The number of aromatic nitrogens is 2. The van der Waals surface area contributed by atoms with Crippen molar-refractivity contribution in [3.05, 3.63) is 61.6 Å². The third-order valence-electron chi connectivity index (χ3n) is 5.58. The third kappa shape index (κ3) is 3.27. The van der Waals surface area contributed by atoms with Crippen molar-refractivity contribution in [2.24, 2.45) is 14.1 Å². The standard InChI is InChI=1S/C21H24N4O3S/c1-13-6-5-7-15(10-13)25-9-8-24(12-14(25)2)19(27)17-11-16-18(26)22(3)21(28)23(4)20(16)29-17/h5-7,10-11,14H,8-9,12H2,1-4H3. The van der Waals surface area contributed by atoms with Gasteiger partial charge in [0, 0.05) is 45.5 Å². The van der Waals surface area contributed by atoms with Crippen molar-refractivity contribution in [1.82, 2.24) is 14.0 Å². The van der Waals surface area contributed by atoms with Crippen LogP contribution in [0.5, 0.6) is 0 Å². The van der Waals surface area contributed by atoms with E-state index in [9.17, 15) is 14.4 Å². The lowest BCUT2D eigenvalue weighted by molar-refractivity contribution is 0.0731. The van der Waals surface area contributed by atoms with Gasteiger partial charge in [-0.15, -0.1) is 11.3 Å². The van der Waals surface area contributed by atoms with Gasteiger partial charge in [-0.2, -0.15) is 0 Å². The number of amides is 1. The fraction of sp³-hybridized carbons (Fsp3) is 0.381. The summed E-state index contributed by atoms with van der Waals surface area (Å²) in [5, 5.41) is 0.411. The number of piperazine rings is 1. The minimum Gasteiger partial charge on any atom is -0.365 e. The molecular formula is C21H24N4O3S. The first-order chi connectivity index (χ1) is 13.8. The molecule has 0 N–H and O–H groups in total. The van der Waals surface area contributed by atoms with Crippen LogP contribution in [0.2, 0.25) is 0 Å². The second-order valence-corrected chi connectivity index (χ2v) is 8.70. The van der Waals surface area contributed by atoms with E-state index in [0.717, 1.165) is 11.1 Å². The summed E-state index contributed by atoms with van der Waals surface area (Å²) in [6.07, 6.45) is 0. The van der Waals surface area contributed by atoms with E-state index in [0.29, 0.717) is 28.2 Å². The van der Waals surface area contributed by atoms with E-state index in [1.807, 2.05) is 4.90 Å². The smallest absolute Gasteiger partial charge is 0.331 e. The van der Waals surface area contributed by atoms with Gasteiger partial charge < -0.3 is 9.80 Å². The topological polar surface area (TPSA) is 67.6 Å². The molecular weight excluding hydrogens is 388 g/mol. The van der Waals surface area contributed by atoms with Gasteiger partial charge in [-0.1, -0.05) is 12.1 Å². The summed E-state index contributed by atoms with van der Waals surface area (Å²) in [6, 6.07) is 10.2. The Labute approximate surface area is 172 Å². The minimum absolute atomic E-state index is 0.0866. The van der Waals surface area contributed by atoms with Gasteiger partial charge in [0.2, 0.25) is 0 Å². The van der Waals surface area contributed by atoms with Crippen molar-refractivity contribution < 1.29 is 4.79 Å². The van der Waals surface area contributed by atoms with E-state index in [-0.39, 0.29) is 23.2 Å². The van der Waals surface area contributed by atoms with Crippen LogP contribution in [-0.4, -0.2) is 45.6 Å². The normalized spacial score (nSPS) is 17.2. The van der Waals surface area contributed by atoms with E-state index in [2.05, 4.69) is 43.0 Å². The van der Waals surface area contributed by atoms with Crippen molar-refractivity contribution in [2.45, 2.75) is 19.9 Å². The van der Waals surface area contributed by atoms with Crippen molar-refractivity contribution in [1.29, 1.82) is 0 Å². The summed E-state index contributed by atoms with van der Waals surface area (Å²) in [4.78, 5) is 42.9. The Bertz CT molecular complexity index is 1220. The number of fused-ring (bicyclic) bond motifs is 1. The Hall–Kier alpha value is -2.87. The number of anilines is 1. The number of thiophene rings is 1. The van der Waals surface area contributed by atoms with Gasteiger partial charge in [0.25, 0.3) is 11.5 Å². The molecule has 1 fully saturated rings. The second kappa shape index (κ2) is 7.18. The number of nitrogens with zero attached hydrogens (tertiary/aromatic N) is 4. The summed E-state index contributed by atoms with van der Waals surface area (Å²) < 4.78 is 2.50. The van der Waals surface area contributed by atoms with E-state index < -0.39 is 0 Å². The summed E-state index contributed by atoms with van der Waals surface area (Å²) >= 11 is 1.21. The fourth-order valence-corrected chi connectivity index (χ4v) is 5.03. The SMILES string of the molecule is Cc1cccc(N2CCN(C(=O)c3cc4c(=O)n(C)c(=O)n(C)c4s3)CC2C)c1. The van der Waals surface area contributed by atoms with Crippen LogP contribution in [0.3, 0.4) is 0 Å². The molecule has 1 unspecified atom stereocenters. The van der Waals surface area contributed by atoms with Gasteiger partial charge in [0.05, 0.1) is 10.3 Å². The van der Waals surface area contributed by atoms with E-state index in [1.165, 1.54) is 34.2 Å². The molecule has 0 saturated carbocycles. The van der Waals surface area contributed by atoms with Gasteiger partial charge in [0.1, 0.15) is 4.83 Å². The number of rotatable bonds is 2. The molecule has 152 valence electrons. The number of aryl methyl sites for hydroxylation is 2. The van der Waals surface area contributed by atoms with Crippen LogP contribution in [0.1, 0.15) is 22.2 Å². The summed E-state index contributed by atoms with van der Waals surface area (Å²) in [5.41, 5.74) is 1.63. The molecule has 2 aromatic heterocycles. The van der Waals surface area contributed by atoms with Crippen molar-refractivity contribution in [3.8, 4) is 0 Å². The predicted molar refractivity (Wildman–Crippen MR) is 116 cm³/mol. The molecule has 29 heavy (non-hydrogen) atoms. The van der Waals surface area contributed by atoms with Crippen LogP contribution in [-0.2, 0) is 14.1 Å². The molecule has 1 aromatic carbocycles. The maximum Gasteiger partial charge on any atom is 0.331 e. The minimum atomic E-state index is -0.385. The van der Waals surface area contributed by atoms with Crippen LogP contribution in [0.25, 0.3) is 10.2 Å². The number of carbonyl (C=O) groups is 1. The first-order valence-corrected chi connectivity index (χ1v) is 10.4. The zero-order valence-corrected chi connectivity index (χ0v) is 17.8. The molecule has 7 nitrogen and oxygen atoms in total. The Kier molecular flexibility index (Phi) is 4.82. The van der Waals surface area contributed by atoms with Gasteiger partial charge in [-0.3, -0.25) is 18.7 Å². The van der Waals surface area contributed by atoms with E-state index >= 15 is 0 Å². The lowest BCUT2D eigenvalue weighted by Crippen LogP contribution is -2.53. The fourth-order valence-electron chi connectivity index (χ4n) is 3.96. The van der Waals surface area contributed by atoms with E-state index in [4.69, 9.17) is 0 Å². The molecule has 1 saturated heterocycles. The molecule has 0 bridgehead atoms. The monoisotopic (exact) mass is 412 g/mol.